The third-order valence-electron chi connectivity index (χ3n) is 4.73. The summed E-state index contributed by atoms with van der Waals surface area (Å²) in [4.78, 5) is 16.5. The summed E-state index contributed by atoms with van der Waals surface area (Å²) in [5, 5.41) is 10.4. The maximum atomic E-state index is 13.1. The van der Waals surface area contributed by atoms with Crippen LogP contribution in [0.1, 0.15) is 52.0 Å². The third-order valence-corrected chi connectivity index (χ3v) is 4.73. The molecule has 1 aromatic heterocycles. The average molecular weight is 321 g/mol. The highest BCUT2D eigenvalue weighted by molar-refractivity contribution is 6.18. The largest absolute Gasteiger partial charge is 0.396 e. The summed E-state index contributed by atoms with van der Waals surface area (Å²) in [6.07, 6.45) is 0.684. The van der Waals surface area contributed by atoms with Crippen LogP contribution in [-0.2, 0) is 0 Å². The molecule has 3 heteroatoms. The Morgan fingerprint density at radius 2 is 1.83 bits per heavy atom. The molecule has 0 aliphatic heterocycles. The van der Waals surface area contributed by atoms with Gasteiger partial charge in [0.1, 0.15) is 0 Å². The lowest BCUT2D eigenvalue weighted by molar-refractivity contribution is 0.103. The van der Waals surface area contributed by atoms with E-state index in [0.29, 0.717) is 12.0 Å². The molecule has 0 spiro atoms. The molecule has 1 heterocycles. The lowest BCUT2D eigenvalue weighted by Gasteiger charge is -2.16. The summed E-state index contributed by atoms with van der Waals surface area (Å²) >= 11 is 0. The number of rotatable bonds is 5. The molecule has 0 amide bonds. The van der Waals surface area contributed by atoms with E-state index in [1.807, 2.05) is 43.3 Å². The smallest absolute Gasteiger partial charge is 0.195 e. The van der Waals surface area contributed by atoms with Gasteiger partial charge >= 0.3 is 0 Å². The van der Waals surface area contributed by atoms with Gasteiger partial charge in [0.15, 0.2) is 5.78 Å². The van der Waals surface area contributed by atoms with Crippen molar-refractivity contribution in [2.24, 2.45) is 0 Å². The lowest BCUT2D eigenvalue weighted by atomic mass is 9.87. The Balaban J connectivity index is 2.26. The molecule has 0 saturated heterocycles. The fourth-order valence-electron chi connectivity index (χ4n) is 3.54. The molecule has 24 heavy (non-hydrogen) atoms. The van der Waals surface area contributed by atoms with Crippen LogP contribution in [-0.4, -0.2) is 22.5 Å². The molecule has 0 aliphatic rings. The number of aryl methyl sites for hydroxylation is 2. The molecule has 3 aromatic rings. The van der Waals surface area contributed by atoms with Gasteiger partial charge in [0.2, 0.25) is 0 Å². The van der Waals surface area contributed by atoms with Gasteiger partial charge in [0, 0.05) is 28.8 Å². The van der Waals surface area contributed by atoms with E-state index < -0.39 is 0 Å². The van der Waals surface area contributed by atoms with Crippen molar-refractivity contribution in [2.75, 3.05) is 6.61 Å². The van der Waals surface area contributed by atoms with Gasteiger partial charge in [0.25, 0.3) is 0 Å². The van der Waals surface area contributed by atoms with E-state index in [4.69, 9.17) is 0 Å². The zero-order valence-electron chi connectivity index (χ0n) is 14.4. The number of hydrogen-bond acceptors (Lipinski definition) is 2. The van der Waals surface area contributed by atoms with Crippen molar-refractivity contribution < 1.29 is 9.90 Å². The molecule has 0 bridgehead atoms. The highest BCUT2D eigenvalue weighted by atomic mass is 16.3. The van der Waals surface area contributed by atoms with Crippen LogP contribution >= 0.6 is 0 Å². The first-order chi connectivity index (χ1) is 11.5. The number of carbonyl (C=O) groups excluding carboxylic acids is 1. The number of ketones is 1. The van der Waals surface area contributed by atoms with Crippen LogP contribution < -0.4 is 0 Å². The predicted octanol–water partition coefficient (Wildman–Crippen LogP) is 4.50. The van der Waals surface area contributed by atoms with E-state index in [1.165, 1.54) is 0 Å². The fourth-order valence-corrected chi connectivity index (χ4v) is 3.54. The first kappa shape index (κ1) is 16.5. The monoisotopic (exact) mass is 321 g/mol. The van der Waals surface area contributed by atoms with Crippen LogP contribution in [0.3, 0.4) is 0 Å². The summed E-state index contributed by atoms with van der Waals surface area (Å²) in [5.74, 6) is 0.235. The van der Waals surface area contributed by atoms with E-state index >= 15 is 0 Å². The van der Waals surface area contributed by atoms with E-state index in [1.54, 1.807) is 0 Å². The normalized spacial score (nSPS) is 12.5. The molecule has 124 valence electrons. The van der Waals surface area contributed by atoms with Crippen molar-refractivity contribution >= 4 is 16.7 Å². The van der Waals surface area contributed by atoms with Crippen LogP contribution in [0.5, 0.6) is 0 Å². The second-order valence-electron chi connectivity index (χ2n) is 6.45. The maximum Gasteiger partial charge on any atom is 0.195 e. The Bertz CT molecular complexity index is 878. The topological polar surface area (TPSA) is 53.1 Å². The minimum Gasteiger partial charge on any atom is -0.396 e. The molecule has 1 unspecified atom stereocenters. The van der Waals surface area contributed by atoms with Crippen LogP contribution in [0.2, 0.25) is 0 Å². The fraction of sp³-hybridized carbons (Fsp3) is 0.286. The number of H-pyrrole nitrogens is 1. The van der Waals surface area contributed by atoms with Gasteiger partial charge in [-0.1, -0.05) is 43.3 Å². The predicted molar refractivity (Wildman–Crippen MR) is 97.8 cm³/mol. The number of aromatic amines is 1. The molecular formula is C21H23NO2. The molecule has 2 N–H and O–H groups in total. The second kappa shape index (κ2) is 6.62. The van der Waals surface area contributed by atoms with Gasteiger partial charge in [-0.05, 0) is 43.4 Å². The van der Waals surface area contributed by atoms with Crippen molar-refractivity contribution in [1.82, 2.24) is 4.98 Å². The number of carbonyl (C=O) groups is 1. The van der Waals surface area contributed by atoms with E-state index in [2.05, 4.69) is 24.9 Å². The van der Waals surface area contributed by atoms with E-state index in [9.17, 15) is 9.90 Å². The third kappa shape index (κ3) is 2.76. The van der Waals surface area contributed by atoms with Gasteiger partial charge in [-0.25, -0.2) is 0 Å². The zero-order valence-corrected chi connectivity index (χ0v) is 14.4. The Morgan fingerprint density at radius 1 is 1.12 bits per heavy atom. The number of nitrogens with one attached hydrogen (secondary N) is 1. The Morgan fingerprint density at radius 3 is 2.50 bits per heavy atom. The Labute approximate surface area is 142 Å². The molecule has 0 fully saturated rings. The molecule has 0 aliphatic carbocycles. The number of aromatic nitrogens is 1. The van der Waals surface area contributed by atoms with Crippen molar-refractivity contribution in [3.63, 3.8) is 0 Å². The number of benzene rings is 2. The minimum absolute atomic E-state index is 0.0439. The highest BCUT2D eigenvalue weighted by Gasteiger charge is 2.23. The number of aliphatic hydroxyl groups excluding tert-OH is 1. The summed E-state index contributed by atoms with van der Waals surface area (Å²) in [6, 6.07) is 13.5. The number of fused-ring (bicyclic) bond motifs is 1. The lowest BCUT2D eigenvalue weighted by Crippen LogP contribution is -2.06. The van der Waals surface area contributed by atoms with Crippen LogP contribution in [0.15, 0.2) is 42.5 Å². The quantitative estimate of drug-likeness (QED) is 0.680. The van der Waals surface area contributed by atoms with Crippen molar-refractivity contribution in [3.05, 3.63) is 70.4 Å². The molecule has 3 nitrogen and oxygen atoms in total. The van der Waals surface area contributed by atoms with Gasteiger partial charge < -0.3 is 10.1 Å². The number of hydrogen-bond donors (Lipinski definition) is 2. The van der Waals surface area contributed by atoms with Gasteiger partial charge in [0.05, 0.1) is 5.56 Å². The van der Waals surface area contributed by atoms with E-state index in [0.717, 1.165) is 33.3 Å². The highest BCUT2D eigenvalue weighted by Crippen LogP contribution is 2.35. The molecule has 3 rings (SSSR count). The van der Waals surface area contributed by atoms with Crippen LogP contribution in [0.4, 0.5) is 0 Å². The van der Waals surface area contributed by atoms with E-state index in [-0.39, 0.29) is 18.3 Å². The number of aliphatic hydroxyl groups is 1. The summed E-state index contributed by atoms with van der Waals surface area (Å²) < 4.78 is 0. The molecule has 0 saturated carbocycles. The molecule has 0 radical (unpaired) electrons. The Kier molecular flexibility index (Phi) is 4.54. The summed E-state index contributed by atoms with van der Waals surface area (Å²) in [6.45, 7) is 6.27. The minimum atomic E-state index is 0.0439. The van der Waals surface area contributed by atoms with Gasteiger partial charge in [-0.2, -0.15) is 0 Å². The van der Waals surface area contributed by atoms with Gasteiger partial charge in [-0.15, -0.1) is 0 Å². The standard InChI is InChI=1S/C21H23NO2/c1-13-9-10-17-20(18(13)14(2)11-12-23)19(15(3)22-17)21(24)16-7-5-4-6-8-16/h4-10,14,22-23H,11-12H2,1-3H3. The summed E-state index contributed by atoms with van der Waals surface area (Å²) in [7, 11) is 0. The zero-order chi connectivity index (χ0) is 17.3. The van der Waals surface area contributed by atoms with Crippen molar-refractivity contribution in [2.45, 2.75) is 33.1 Å². The second-order valence-corrected chi connectivity index (χ2v) is 6.45. The first-order valence-electron chi connectivity index (χ1n) is 8.37. The van der Waals surface area contributed by atoms with Crippen molar-refractivity contribution in [1.29, 1.82) is 0 Å². The Hall–Kier alpha value is -2.39. The molecule has 2 aromatic carbocycles. The van der Waals surface area contributed by atoms with Crippen LogP contribution in [0.25, 0.3) is 10.9 Å². The SMILES string of the molecule is Cc1ccc2[nH]c(C)c(C(=O)c3ccccc3)c2c1C(C)CCO. The average Bonchev–Trinajstić information content (AvgIpc) is 2.91. The summed E-state index contributed by atoms with van der Waals surface area (Å²) in [5.41, 5.74) is 5.64. The maximum absolute atomic E-state index is 13.1. The molecule has 1 atom stereocenters. The first-order valence-corrected chi connectivity index (χ1v) is 8.37. The molecular weight excluding hydrogens is 298 g/mol. The van der Waals surface area contributed by atoms with Gasteiger partial charge in [-0.3, -0.25) is 4.79 Å². The van der Waals surface area contributed by atoms with Crippen LogP contribution in [0, 0.1) is 13.8 Å². The van der Waals surface area contributed by atoms with Crippen molar-refractivity contribution in [3.8, 4) is 0 Å².